The van der Waals surface area contributed by atoms with Gasteiger partial charge in [-0.15, -0.1) is 11.3 Å². The molecule has 4 heteroatoms. The van der Waals surface area contributed by atoms with Crippen molar-refractivity contribution in [1.29, 1.82) is 0 Å². The van der Waals surface area contributed by atoms with Crippen LogP contribution in [-0.2, 0) is 0 Å². The lowest BCUT2D eigenvalue weighted by atomic mass is 10.6. The van der Waals surface area contributed by atoms with Crippen LogP contribution in [0.4, 0.5) is 0 Å². The van der Waals surface area contributed by atoms with E-state index < -0.39 is 0 Å². The summed E-state index contributed by atoms with van der Waals surface area (Å²) in [7, 11) is 0. The zero-order valence-electron chi connectivity index (χ0n) is 5.34. The number of halogens is 1. The van der Waals surface area contributed by atoms with Crippen molar-refractivity contribution >= 4 is 27.8 Å². The van der Waals surface area contributed by atoms with E-state index in [1.165, 1.54) is 0 Å². The molecule has 0 atom stereocenters. The maximum absolute atomic E-state index is 5.67. The predicted molar refractivity (Wildman–Crippen MR) is 42.8 cm³/mol. The molecule has 0 amide bonds. The molecule has 2 aromatic heterocycles. The fourth-order valence-electron chi connectivity index (χ4n) is 0.869. The number of rotatable bonds is 0. The second kappa shape index (κ2) is 1.97. The molecule has 0 aliphatic rings. The lowest BCUT2D eigenvalue weighted by molar-refractivity contribution is 0.933. The quantitative estimate of drug-likeness (QED) is 0.597. The Morgan fingerprint density at radius 1 is 1.70 bits per heavy atom. The van der Waals surface area contributed by atoms with E-state index in [0.29, 0.717) is 5.15 Å². The topological polar surface area (TPSA) is 17.3 Å². The summed E-state index contributed by atoms with van der Waals surface area (Å²) < 4.78 is 1.84. The molecule has 0 fully saturated rings. The smallest absolute Gasteiger partial charge is 0.153 e. The Morgan fingerprint density at radius 2 is 2.50 bits per heavy atom. The van der Waals surface area contributed by atoms with Crippen LogP contribution in [0.15, 0.2) is 11.4 Å². The molecule has 0 saturated carbocycles. The van der Waals surface area contributed by atoms with Gasteiger partial charge in [0.25, 0.3) is 0 Å². The van der Waals surface area contributed by atoms with E-state index in [1.807, 2.05) is 17.5 Å². The zero-order chi connectivity index (χ0) is 7.14. The Morgan fingerprint density at radius 3 is 3.20 bits per heavy atom. The van der Waals surface area contributed by atoms with E-state index in [9.17, 15) is 0 Å². The number of hydrogen-bond acceptors (Lipinski definition) is 2. The normalized spacial score (nSPS) is 11.0. The molecule has 2 heterocycles. The summed E-state index contributed by atoms with van der Waals surface area (Å²) in [5.41, 5.74) is 1.13. The number of aromatic nitrogens is 2. The number of nitrogens with zero attached hydrogens (tertiary/aromatic N) is 2. The standard InChI is InChI=1S/C6H5ClN2S/c1-4-3-10-6-2-5(7)8-9(4)6/h2-3H,1H3. The summed E-state index contributed by atoms with van der Waals surface area (Å²) in [4.78, 5) is 1.10. The fraction of sp³-hybridized carbons (Fsp3) is 0.167. The Balaban J connectivity index is 2.90. The fourth-order valence-corrected chi connectivity index (χ4v) is 1.97. The molecule has 0 bridgehead atoms. The highest BCUT2D eigenvalue weighted by molar-refractivity contribution is 7.15. The van der Waals surface area contributed by atoms with Gasteiger partial charge in [-0.3, -0.25) is 0 Å². The van der Waals surface area contributed by atoms with Gasteiger partial charge in [0.2, 0.25) is 0 Å². The van der Waals surface area contributed by atoms with Crippen molar-refractivity contribution in [2.24, 2.45) is 0 Å². The maximum atomic E-state index is 5.67. The first-order valence-corrected chi connectivity index (χ1v) is 4.12. The highest BCUT2D eigenvalue weighted by Crippen LogP contribution is 2.18. The Hall–Kier alpha value is -0.540. The predicted octanol–water partition coefficient (Wildman–Crippen LogP) is 2.36. The van der Waals surface area contributed by atoms with Gasteiger partial charge >= 0.3 is 0 Å². The second-order valence-electron chi connectivity index (χ2n) is 2.09. The molecule has 2 nitrogen and oxygen atoms in total. The van der Waals surface area contributed by atoms with E-state index in [4.69, 9.17) is 11.6 Å². The molecule has 0 aliphatic heterocycles. The zero-order valence-corrected chi connectivity index (χ0v) is 6.91. The maximum Gasteiger partial charge on any atom is 0.153 e. The molecule has 0 unspecified atom stereocenters. The average molecular weight is 173 g/mol. The van der Waals surface area contributed by atoms with Crippen LogP contribution < -0.4 is 0 Å². The molecular weight excluding hydrogens is 168 g/mol. The van der Waals surface area contributed by atoms with E-state index in [2.05, 4.69) is 10.5 Å². The summed E-state index contributed by atoms with van der Waals surface area (Å²) >= 11 is 7.32. The number of fused-ring (bicyclic) bond motifs is 1. The van der Waals surface area contributed by atoms with Crippen molar-refractivity contribution in [2.75, 3.05) is 0 Å². The van der Waals surface area contributed by atoms with Gasteiger partial charge in [0.15, 0.2) is 5.15 Å². The minimum Gasteiger partial charge on any atom is -0.226 e. The number of aryl methyl sites for hydroxylation is 1. The van der Waals surface area contributed by atoms with Crippen molar-refractivity contribution in [3.8, 4) is 0 Å². The summed E-state index contributed by atoms with van der Waals surface area (Å²) in [6.07, 6.45) is 0. The average Bonchev–Trinajstić information content (AvgIpc) is 2.35. The van der Waals surface area contributed by atoms with E-state index in [0.717, 1.165) is 10.5 Å². The monoisotopic (exact) mass is 172 g/mol. The lowest BCUT2D eigenvalue weighted by Crippen LogP contribution is -1.83. The van der Waals surface area contributed by atoms with Gasteiger partial charge in [0.05, 0.1) is 5.69 Å². The van der Waals surface area contributed by atoms with Crippen LogP contribution in [0.25, 0.3) is 4.83 Å². The number of thiazole rings is 1. The van der Waals surface area contributed by atoms with Crippen LogP contribution in [0.1, 0.15) is 5.69 Å². The van der Waals surface area contributed by atoms with E-state index in [1.54, 1.807) is 11.3 Å². The highest BCUT2D eigenvalue weighted by Gasteiger charge is 2.01. The van der Waals surface area contributed by atoms with Crippen molar-refractivity contribution in [3.05, 3.63) is 22.3 Å². The van der Waals surface area contributed by atoms with Gasteiger partial charge in [-0.1, -0.05) is 11.6 Å². The third-order valence-corrected chi connectivity index (χ3v) is 2.51. The van der Waals surface area contributed by atoms with Gasteiger partial charge in [0, 0.05) is 11.4 Å². The lowest BCUT2D eigenvalue weighted by Gasteiger charge is -1.82. The molecule has 0 N–H and O–H groups in total. The molecule has 2 aromatic rings. The molecule has 0 spiro atoms. The second-order valence-corrected chi connectivity index (χ2v) is 3.37. The minimum atomic E-state index is 0.565. The van der Waals surface area contributed by atoms with Crippen molar-refractivity contribution in [3.63, 3.8) is 0 Å². The van der Waals surface area contributed by atoms with E-state index >= 15 is 0 Å². The molecule has 0 aliphatic carbocycles. The van der Waals surface area contributed by atoms with Crippen molar-refractivity contribution in [1.82, 2.24) is 9.61 Å². The van der Waals surface area contributed by atoms with Crippen LogP contribution in [-0.4, -0.2) is 9.61 Å². The van der Waals surface area contributed by atoms with Gasteiger partial charge in [-0.2, -0.15) is 5.10 Å². The van der Waals surface area contributed by atoms with Crippen LogP contribution >= 0.6 is 22.9 Å². The summed E-state index contributed by atoms with van der Waals surface area (Å²) in [6.45, 7) is 2.01. The van der Waals surface area contributed by atoms with Crippen LogP contribution in [0, 0.1) is 6.92 Å². The van der Waals surface area contributed by atoms with Crippen LogP contribution in [0.5, 0.6) is 0 Å². The Kier molecular flexibility index (Phi) is 1.22. The number of hydrogen-bond donors (Lipinski definition) is 0. The van der Waals surface area contributed by atoms with Crippen molar-refractivity contribution < 1.29 is 0 Å². The molecule has 52 valence electrons. The summed E-state index contributed by atoms with van der Waals surface area (Å²) in [6, 6.07) is 1.86. The molecule has 0 saturated heterocycles. The van der Waals surface area contributed by atoms with Gasteiger partial charge in [-0.25, -0.2) is 4.52 Å². The molecule has 2 rings (SSSR count). The molecule has 0 aromatic carbocycles. The first-order valence-electron chi connectivity index (χ1n) is 2.87. The van der Waals surface area contributed by atoms with E-state index in [-0.39, 0.29) is 0 Å². The molecule has 0 radical (unpaired) electrons. The minimum absolute atomic E-state index is 0.565. The largest absolute Gasteiger partial charge is 0.226 e. The Bertz CT molecular complexity index is 363. The third-order valence-electron chi connectivity index (χ3n) is 1.33. The molecule has 10 heavy (non-hydrogen) atoms. The van der Waals surface area contributed by atoms with Gasteiger partial charge < -0.3 is 0 Å². The highest BCUT2D eigenvalue weighted by atomic mass is 35.5. The summed E-state index contributed by atoms with van der Waals surface area (Å²) in [5, 5.41) is 6.68. The Labute approximate surface area is 67.0 Å². The van der Waals surface area contributed by atoms with Crippen LogP contribution in [0.2, 0.25) is 5.15 Å². The third kappa shape index (κ3) is 0.744. The van der Waals surface area contributed by atoms with Crippen molar-refractivity contribution in [2.45, 2.75) is 6.92 Å². The van der Waals surface area contributed by atoms with Gasteiger partial charge in [0.1, 0.15) is 4.83 Å². The first kappa shape index (κ1) is 6.19. The summed E-state index contributed by atoms with van der Waals surface area (Å²) in [5.74, 6) is 0. The van der Waals surface area contributed by atoms with Gasteiger partial charge in [-0.05, 0) is 6.92 Å². The SMILES string of the molecule is Cc1csc2cc(Cl)nn12. The van der Waals surface area contributed by atoms with Crippen LogP contribution in [0.3, 0.4) is 0 Å². The molecular formula is C6H5ClN2S. The first-order chi connectivity index (χ1) is 4.77.